The van der Waals surface area contributed by atoms with Crippen LogP contribution in [0.5, 0.6) is 0 Å². The molecule has 3 saturated carbocycles. The Morgan fingerprint density at radius 2 is 1.85 bits per heavy atom. The van der Waals surface area contributed by atoms with Gasteiger partial charge in [-0.1, -0.05) is 13.8 Å². The van der Waals surface area contributed by atoms with Gasteiger partial charge in [0.1, 0.15) is 5.60 Å². The molecule has 3 heteroatoms. The average Bonchev–Trinajstić information content (AvgIpc) is 2.08. The highest BCUT2D eigenvalue weighted by Crippen LogP contribution is 2.63. The van der Waals surface area contributed by atoms with Crippen molar-refractivity contribution in [2.75, 3.05) is 0 Å². The minimum absolute atomic E-state index is 0.205. The van der Waals surface area contributed by atoms with Crippen LogP contribution < -0.4 is 0 Å². The summed E-state index contributed by atoms with van der Waals surface area (Å²) in [6, 6.07) is 0. The fraction of sp³-hybridized carbons (Fsp3) is 1.00. The van der Waals surface area contributed by atoms with Crippen LogP contribution in [0, 0.1) is 17.3 Å². The highest BCUT2D eigenvalue weighted by atomic mass is 17.1. The molecule has 3 fully saturated rings. The van der Waals surface area contributed by atoms with Crippen LogP contribution in [0.3, 0.4) is 0 Å². The van der Waals surface area contributed by atoms with Gasteiger partial charge in [0, 0.05) is 0 Å². The predicted octanol–water partition coefficient (Wildman–Crippen LogP) is 1.66. The highest BCUT2D eigenvalue weighted by molar-refractivity contribution is 5.12. The van der Waals surface area contributed by atoms with E-state index in [9.17, 15) is 5.11 Å². The Morgan fingerprint density at radius 3 is 2.23 bits per heavy atom. The van der Waals surface area contributed by atoms with E-state index in [1.54, 1.807) is 6.92 Å². The maximum absolute atomic E-state index is 9.78. The largest absolute Gasteiger partial charge is 0.390 e. The van der Waals surface area contributed by atoms with E-state index in [4.69, 9.17) is 5.26 Å². The maximum atomic E-state index is 9.78. The summed E-state index contributed by atoms with van der Waals surface area (Å²) in [7, 11) is 0. The molecular formula is C10H18O3. The van der Waals surface area contributed by atoms with Crippen molar-refractivity contribution in [1.29, 1.82) is 0 Å². The summed E-state index contributed by atoms with van der Waals surface area (Å²) in [5, 5.41) is 18.7. The lowest BCUT2D eigenvalue weighted by Gasteiger charge is -2.64. The van der Waals surface area contributed by atoms with Gasteiger partial charge in [-0.05, 0) is 37.0 Å². The van der Waals surface area contributed by atoms with Crippen molar-refractivity contribution < 1.29 is 15.3 Å². The quantitative estimate of drug-likeness (QED) is 0.483. The molecule has 0 spiro atoms. The minimum atomic E-state index is -0.752. The fourth-order valence-corrected chi connectivity index (χ4v) is 3.25. The van der Waals surface area contributed by atoms with Crippen molar-refractivity contribution >= 4 is 0 Å². The van der Waals surface area contributed by atoms with E-state index in [2.05, 4.69) is 18.7 Å². The molecule has 0 aliphatic heterocycles. The van der Waals surface area contributed by atoms with Gasteiger partial charge in [-0.3, -0.25) is 5.26 Å². The molecule has 0 heterocycles. The SMILES string of the molecule is CC1(C)C2CC(O)C(C)(OO)C1C2. The Hall–Kier alpha value is -0.120. The summed E-state index contributed by atoms with van der Waals surface area (Å²) in [6.07, 6.45) is 1.30. The Kier molecular flexibility index (Phi) is 1.79. The number of hydrogen-bond donors (Lipinski definition) is 2. The summed E-state index contributed by atoms with van der Waals surface area (Å²) in [6.45, 7) is 6.18. The van der Waals surface area contributed by atoms with Crippen LogP contribution in [-0.2, 0) is 4.89 Å². The monoisotopic (exact) mass is 186 g/mol. The topological polar surface area (TPSA) is 49.7 Å². The summed E-state index contributed by atoms with van der Waals surface area (Å²) >= 11 is 0. The van der Waals surface area contributed by atoms with Gasteiger partial charge < -0.3 is 5.11 Å². The molecule has 0 aromatic rings. The molecule has 4 atom stereocenters. The van der Waals surface area contributed by atoms with Crippen LogP contribution in [0.4, 0.5) is 0 Å². The third-order valence-electron chi connectivity index (χ3n) is 4.53. The van der Waals surface area contributed by atoms with Gasteiger partial charge in [0.05, 0.1) is 6.10 Å². The molecule has 0 aromatic heterocycles. The molecule has 2 N–H and O–H groups in total. The molecular weight excluding hydrogens is 168 g/mol. The Bertz CT molecular complexity index is 226. The van der Waals surface area contributed by atoms with Crippen LogP contribution in [0.2, 0.25) is 0 Å². The smallest absolute Gasteiger partial charge is 0.129 e. The second kappa shape index (κ2) is 2.47. The molecule has 0 aromatic carbocycles. The predicted molar refractivity (Wildman–Crippen MR) is 48.1 cm³/mol. The van der Waals surface area contributed by atoms with E-state index in [1.165, 1.54) is 0 Å². The first-order chi connectivity index (χ1) is 5.93. The van der Waals surface area contributed by atoms with Gasteiger partial charge in [0.15, 0.2) is 0 Å². The zero-order valence-electron chi connectivity index (χ0n) is 8.45. The van der Waals surface area contributed by atoms with Crippen LogP contribution in [0.1, 0.15) is 33.6 Å². The normalized spacial score (nSPS) is 52.8. The van der Waals surface area contributed by atoms with Gasteiger partial charge >= 0.3 is 0 Å². The standard InChI is InChI=1S/C10H18O3/c1-9(2)6-4-7(9)10(3,13-12)8(11)5-6/h6-8,11-12H,4-5H2,1-3H3. The van der Waals surface area contributed by atoms with E-state index in [0.29, 0.717) is 5.92 Å². The summed E-state index contributed by atoms with van der Waals surface area (Å²) in [5.41, 5.74) is -0.547. The van der Waals surface area contributed by atoms with E-state index in [-0.39, 0.29) is 11.3 Å². The lowest BCUT2D eigenvalue weighted by Crippen LogP contribution is -2.67. The zero-order chi connectivity index (χ0) is 9.85. The van der Waals surface area contributed by atoms with E-state index < -0.39 is 11.7 Å². The lowest BCUT2D eigenvalue weighted by atomic mass is 9.43. The van der Waals surface area contributed by atoms with Crippen molar-refractivity contribution in [3.63, 3.8) is 0 Å². The number of fused-ring (bicyclic) bond motifs is 2. The third kappa shape index (κ3) is 0.953. The summed E-state index contributed by atoms with van der Waals surface area (Å²) < 4.78 is 0. The second-order valence-electron chi connectivity index (χ2n) is 5.33. The summed E-state index contributed by atoms with van der Waals surface area (Å²) in [5.74, 6) is 0.870. The molecule has 3 rings (SSSR count). The van der Waals surface area contributed by atoms with Crippen molar-refractivity contribution in [2.24, 2.45) is 17.3 Å². The molecule has 3 aliphatic rings. The Morgan fingerprint density at radius 1 is 1.23 bits per heavy atom. The molecule has 0 radical (unpaired) electrons. The van der Waals surface area contributed by atoms with E-state index in [1.807, 2.05) is 0 Å². The second-order valence-corrected chi connectivity index (χ2v) is 5.33. The molecule has 3 aliphatic carbocycles. The number of aliphatic hydroxyl groups is 1. The molecule has 3 nitrogen and oxygen atoms in total. The van der Waals surface area contributed by atoms with Crippen molar-refractivity contribution in [2.45, 2.75) is 45.3 Å². The highest BCUT2D eigenvalue weighted by Gasteiger charge is 2.64. The van der Waals surface area contributed by atoms with Gasteiger partial charge in [-0.25, -0.2) is 4.89 Å². The minimum Gasteiger partial charge on any atom is -0.390 e. The number of hydrogen-bond acceptors (Lipinski definition) is 3. The van der Waals surface area contributed by atoms with Crippen LogP contribution in [-0.4, -0.2) is 22.1 Å². The van der Waals surface area contributed by atoms with Crippen LogP contribution in [0.25, 0.3) is 0 Å². The first-order valence-electron chi connectivity index (χ1n) is 4.93. The van der Waals surface area contributed by atoms with Gasteiger partial charge in [0.2, 0.25) is 0 Å². The third-order valence-corrected chi connectivity index (χ3v) is 4.53. The molecule has 0 amide bonds. The fourth-order valence-electron chi connectivity index (χ4n) is 3.25. The van der Waals surface area contributed by atoms with E-state index in [0.717, 1.165) is 12.8 Å². The van der Waals surface area contributed by atoms with Crippen molar-refractivity contribution in [3.05, 3.63) is 0 Å². The molecule has 4 unspecified atom stereocenters. The van der Waals surface area contributed by atoms with Crippen LogP contribution >= 0.6 is 0 Å². The zero-order valence-corrected chi connectivity index (χ0v) is 8.45. The molecule has 13 heavy (non-hydrogen) atoms. The summed E-state index contributed by atoms with van der Waals surface area (Å²) in [4.78, 5) is 4.53. The molecule has 0 saturated heterocycles. The lowest BCUT2D eigenvalue weighted by molar-refractivity contribution is -0.395. The first-order valence-corrected chi connectivity index (χ1v) is 4.93. The van der Waals surface area contributed by atoms with Gasteiger partial charge in [0.25, 0.3) is 0 Å². The average molecular weight is 186 g/mol. The van der Waals surface area contributed by atoms with E-state index >= 15 is 0 Å². The number of rotatable bonds is 1. The maximum Gasteiger partial charge on any atom is 0.129 e. The van der Waals surface area contributed by atoms with Crippen molar-refractivity contribution in [3.8, 4) is 0 Å². The first kappa shape index (κ1) is 9.44. The molecule has 2 bridgehead atoms. The number of aliphatic hydroxyl groups excluding tert-OH is 1. The van der Waals surface area contributed by atoms with Crippen molar-refractivity contribution in [1.82, 2.24) is 0 Å². The molecule has 76 valence electrons. The van der Waals surface area contributed by atoms with Gasteiger partial charge in [-0.2, -0.15) is 0 Å². The van der Waals surface area contributed by atoms with Crippen LogP contribution in [0.15, 0.2) is 0 Å². The Labute approximate surface area is 78.6 Å². The van der Waals surface area contributed by atoms with Gasteiger partial charge in [-0.15, -0.1) is 0 Å². The Balaban J connectivity index is 2.27.